The molecule has 1 rings (SSSR count). The third kappa shape index (κ3) is 1.45. The van der Waals surface area contributed by atoms with Crippen molar-refractivity contribution in [3.8, 4) is 0 Å². The summed E-state index contributed by atoms with van der Waals surface area (Å²) in [4.78, 5) is 11.6. The summed E-state index contributed by atoms with van der Waals surface area (Å²) >= 11 is 0. The van der Waals surface area contributed by atoms with Crippen molar-refractivity contribution < 1.29 is 0 Å². The summed E-state index contributed by atoms with van der Waals surface area (Å²) in [7, 11) is 0. The Hall–Kier alpha value is -0.990. The zero-order chi connectivity index (χ0) is 6.69. The lowest BCUT2D eigenvalue weighted by molar-refractivity contribution is 0.759. The highest BCUT2D eigenvalue weighted by Crippen LogP contribution is 2.04. The number of hydrogen-bond acceptors (Lipinski definition) is 3. The monoisotopic (exact) mass is 123 g/mol. The minimum absolute atomic E-state index is 0.396. The van der Waals surface area contributed by atoms with E-state index in [9.17, 15) is 0 Å². The van der Waals surface area contributed by atoms with Crippen molar-refractivity contribution in [3.63, 3.8) is 0 Å². The van der Waals surface area contributed by atoms with Crippen LogP contribution in [0.3, 0.4) is 0 Å². The van der Waals surface area contributed by atoms with Gasteiger partial charge in [0.2, 0.25) is 0 Å². The topological polar surface area (TPSA) is 38.7 Å². The molecule has 0 aliphatic carbocycles. The maximum Gasteiger partial charge on any atom is 0.134 e. The zero-order valence-electron chi connectivity index (χ0n) is 5.57. The van der Waals surface area contributed by atoms with Crippen LogP contribution in [0.4, 0.5) is 0 Å². The summed E-state index contributed by atoms with van der Waals surface area (Å²) in [6.45, 7) is 4.10. The summed E-state index contributed by atoms with van der Waals surface area (Å²) in [6, 6.07) is 0. The number of nitrogens with zero attached hydrogens (tertiary/aromatic N) is 3. The molecule has 48 valence electrons. The first kappa shape index (κ1) is 6.13. The molecule has 0 saturated carbocycles. The van der Waals surface area contributed by atoms with Crippen LogP contribution >= 0.6 is 0 Å². The van der Waals surface area contributed by atoms with E-state index in [0.29, 0.717) is 5.92 Å². The Morgan fingerprint density at radius 2 is 1.78 bits per heavy atom. The third-order valence-electron chi connectivity index (χ3n) is 1.03. The van der Waals surface area contributed by atoms with Crippen molar-refractivity contribution in [2.75, 3.05) is 0 Å². The molecule has 0 spiro atoms. The lowest BCUT2D eigenvalue weighted by atomic mass is 10.2. The number of aromatic nitrogens is 3. The highest BCUT2D eigenvalue weighted by atomic mass is 15.0. The molecule has 0 saturated heterocycles. The molecule has 0 radical (unpaired) electrons. The Labute approximate surface area is 54.2 Å². The summed E-state index contributed by atoms with van der Waals surface area (Å²) in [5.41, 5.74) is 0. The second-order valence-corrected chi connectivity index (χ2v) is 2.15. The predicted molar refractivity (Wildman–Crippen MR) is 33.9 cm³/mol. The maximum atomic E-state index is 3.96. The normalized spacial score (nSPS) is 10.1. The maximum absolute atomic E-state index is 3.96. The molecule has 3 heteroatoms. The molecule has 0 atom stereocenters. The van der Waals surface area contributed by atoms with Crippen LogP contribution in [0.2, 0.25) is 0 Å². The Kier molecular flexibility index (Phi) is 1.72. The van der Waals surface area contributed by atoms with E-state index in [4.69, 9.17) is 0 Å². The molecule has 0 fully saturated rings. The van der Waals surface area contributed by atoms with E-state index in [1.54, 1.807) is 0 Å². The average Bonchev–Trinajstić information content (AvgIpc) is 1.90. The molecular weight excluding hydrogens is 114 g/mol. The van der Waals surface area contributed by atoms with Gasteiger partial charge in [-0.1, -0.05) is 13.8 Å². The van der Waals surface area contributed by atoms with Crippen LogP contribution in [0.25, 0.3) is 0 Å². The molecule has 0 bridgehead atoms. The van der Waals surface area contributed by atoms with E-state index in [1.807, 2.05) is 0 Å². The van der Waals surface area contributed by atoms with Crippen LogP contribution in [-0.4, -0.2) is 15.0 Å². The summed E-state index contributed by atoms with van der Waals surface area (Å²) in [6.07, 6.45) is 3.03. The molecule has 1 aromatic rings. The average molecular weight is 123 g/mol. The summed E-state index contributed by atoms with van der Waals surface area (Å²) in [5, 5.41) is 0. The lowest BCUT2D eigenvalue weighted by Gasteiger charge is -1.98. The molecule has 0 aliphatic heterocycles. The van der Waals surface area contributed by atoms with Gasteiger partial charge in [0, 0.05) is 5.92 Å². The van der Waals surface area contributed by atoms with Gasteiger partial charge in [0.1, 0.15) is 18.5 Å². The van der Waals surface area contributed by atoms with Gasteiger partial charge in [-0.3, -0.25) is 0 Å². The van der Waals surface area contributed by atoms with Gasteiger partial charge in [-0.25, -0.2) is 15.0 Å². The Morgan fingerprint density at radius 3 is 2.11 bits per heavy atom. The van der Waals surface area contributed by atoms with Crippen molar-refractivity contribution >= 4 is 0 Å². The van der Waals surface area contributed by atoms with Gasteiger partial charge in [0.15, 0.2) is 0 Å². The fourth-order valence-electron chi connectivity index (χ4n) is 0.546. The standard InChI is InChI=1S/C6H9N3/c1-5(2)6-8-3-7-4-9-6/h3-5H,1-2H3. The van der Waals surface area contributed by atoms with Crippen LogP contribution in [0, 0.1) is 0 Å². The van der Waals surface area contributed by atoms with E-state index in [1.165, 1.54) is 12.7 Å². The lowest BCUT2D eigenvalue weighted by Crippen LogP contribution is -1.95. The molecule has 1 heterocycles. The van der Waals surface area contributed by atoms with Crippen molar-refractivity contribution in [2.24, 2.45) is 0 Å². The van der Waals surface area contributed by atoms with E-state index in [-0.39, 0.29) is 0 Å². The fraction of sp³-hybridized carbons (Fsp3) is 0.500. The molecule has 0 N–H and O–H groups in total. The SMILES string of the molecule is CC(C)c1ncncn1. The largest absolute Gasteiger partial charge is 0.225 e. The Balaban J connectivity index is 2.85. The molecule has 0 unspecified atom stereocenters. The van der Waals surface area contributed by atoms with Crippen LogP contribution in [-0.2, 0) is 0 Å². The number of rotatable bonds is 1. The summed E-state index contributed by atoms with van der Waals surface area (Å²) in [5.74, 6) is 1.25. The van der Waals surface area contributed by atoms with E-state index < -0.39 is 0 Å². The van der Waals surface area contributed by atoms with Gasteiger partial charge in [0.05, 0.1) is 0 Å². The predicted octanol–water partition coefficient (Wildman–Crippen LogP) is 0.995. The van der Waals surface area contributed by atoms with Crippen molar-refractivity contribution in [1.82, 2.24) is 15.0 Å². The molecule has 0 amide bonds. The first-order chi connectivity index (χ1) is 4.30. The smallest absolute Gasteiger partial charge is 0.134 e. The van der Waals surface area contributed by atoms with Crippen LogP contribution < -0.4 is 0 Å². The second kappa shape index (κ2) is 2.53. The van der Waals surface area contributed by atoms with Crippen LogP contribution in [0.5, 0.6) is 0 Å². The second-order valence-electron chi connectivity index (χ2n) is 2.15. The molecular formula is C6H9N3. The molecule has 9 heavy (non-hydrogen) atoms. The van der Waals surface area contributed by atoms with Gasteiger partial charge >= 0.3 is 0 Å². The minimum atomic E-state index is 0.396. The van der Waals surface area contributed by atoms with E-state index >= 15 is 0 Å². The van der Waals surface area contributed by atoms with Crippen molar-refractivity contribution in [2.45, 2.75) is 19.8 Å². The molecule has 1 aromatic heterocycles. The van der Waals surface area contributed by atoms with E-state index in [2.05, 4.69) is 28.8 Å². The van der Waals surface area contributed by atoms with Crippen molar-refractivity contribution in [1.29, 1.82) is 0 Å². The molecule has 0 aliphatic rings. The first-order valence-electron chi connectivity index (χ1n) is 2.92. The van der Waals surface area contributed by atoms with Crippen LogP contribution in [0.1, 0.15) is 25.6 Å². The van der Waals surface area contributed by atoms with Gasteiger partial charge in [-0.15, -0.1) is 0 Å². The molecule has 0 aromatic carbocycles. The van der Waals surface area contributed by atoms with Gasteiger partial charge in [0.25, 0.3) is 0 Å². The van der Waals surface area contributed by atoms with Crippen molar-refractivity contribution in [3.05, 3.63) is 18.5 Å². The highest BCUT2D eigenvalue weighted by molar-refractivity contribution is 4.87. The Bertz CT molecular complexity index is 171. The third-order valence-corrected chi connectivity index (χ3v) is 1.03. The number of hydrogen-bond donors (Lipinski definition) is 0. The van der Waals surface area contributed by atoms with Crippen LogP contribution in [0.15, 0.2) is 12.7 Å². The first-order valence-corrected chi connectivity index (χ1v) is 2.92. The van der Waals surface area contributed by atoms with Gasteiger partial charge in [-0.05, 0) is 0 Å². The van der Waals surface area contributed by atoms with Gasteiger partial charge in [-0.2, -0.15) is 0 Å². The zero-order valence-corrected chi connectivity index (χ0v) is 5.57. The Morgan fingerprint density at radius 1 is 1.22 bits per heavy atom. The summed E-state index contributed by atoms with van der Waals surface area (Å²) < 4.78 is 0. The molecule has 3 nitrogen and oxygen atoms in total. The quantitative estimate of drug-likeness (QED) is 0.559. The minimum Gasteiger partial charge on any atom is -0.225 e. The fourth-order valence-corrected chi connectivity index (χ4v) is 0.546. The van der Waals surface area contributed by atoms with Gasteiger partial charge < -0.3 is 0 Å². The highest BCUT2D eigenvalue weighted by Gasteiger charge is 1.97. The van der Waals surface area contributed by atoms with E-state index in [0.717, 1.165) is 5.82 Å².